The third-order valence-electron chi connectivity index (χ3n) is 2.84. The summed E-state index contributed by atoms with van der Waals surface area (Å²) >= 11 is 0. The average Bonchev–Trinajstić information content (AvgIpc) is 2.17. The van der Waals surface area contributed by atoms with Crippen molar-refractivity contribution >= 4 is 0 Å². The maximum atomic E-state index is 5.98. The lowest BCUT2D eigenvalue weighted by molar-refractivity contribution is -0.227. The summed E-state index contributed by atoms with van der Waals surface area (Å²) in [6.45, 7) is 11.0. The van der Waals surface area contributed by atoms with E-state index in [4.69, 9.17) is 9.47 Å². The Morgan fingerprint density at radius 2 is 1.56 bits per heavy atom. The first kappa shape index (κ1) is 13.0. The predicted octanol–water partition coefficient (Wildman–Crippen LogP) is 3.86. The summed E-state index contributed by atoms with van der Waals surface area (Å²) in [5, 5.41) is 0. The molecule has 0 aliphatic carbocycles. The standard InChI is InChI=1S/C14H22O2/c1-6-15-14(5,13(2,3)4)16-12-10-8-7-9-11-12/h7-11H,6H2,1-5H3. The van der Waals surface area contributed by atoms with Crippen molar-refractivity contribution in [3.63, 3.8) is 0 Å². The van der Waals surface area contributed by atoms with Crippen molar-refractivity contribution in [2.24, 2.45) is 5.41 Å². The van der Waals surface area contributed by atoms with Crippen molar-refractivity contribution in [2.75, 3.05) is 6.61 Å². The Kier molecular flexibility index (Phi) is 3.98. The fraction of sp³-hybridized carbons (Fsp3) is 0.571. The summed E-state index contributed by atoms with van der Waals surface area (Å²) in [7, 11) is 0. The van der Waals surface area contributed by atoms with E-state index in [2.05, 4.69) is 20.8 Å². The fourth-order valence-electron chi connectivity index (χ4n) is 1.39. The summed E-state index contributed by atoms with van der Waals surface area (Å²) in [5.41, 5.74) is -0.0845. The molecule has 0 heterocycles. The lowest BCUT2D eigenvalue weighted by Gasteiger charge is -2.41. The minimum atomic E-state index is -0.608. The normalized spacial score (nSPS) is 15.6. The third kappa shape index (κ3) is 2.99. The molecule has 0 amide bonds. The lowest BCUT2D eigenvalue weighted by Crippen LogP contribution is -2.48. The zero-order valence-corrected chi connectivity index (χ0v) is 10.9. The molecule has 0 N–H and O–H groups in total. The van der Waals surface area contributed by atoms with E-state index >= 15 is 0 Å². The SMILES string of the molecule is CCOC(C)(Oc1ccccc1)C(C)(C)C. The second kappa shape index (κ2) is 4.88. The topological polar surface area (TPSA) is 18.5 Å². The highest BCUT2D eigenvalue weighted by Gasteiger charge is 2.40. The Balaban J connectivity index is 2.88. The number of hydrogen-bond donors (Lipinski definition) is 0. The Hall–Kier alpha value is -1.02. The molecule has 2 heteroatoms. The average molecular weight is 222 g/mol. The van der Waals surface area contributed by atoms with Crippen molar-refractivity contribution in [1.29, 1.82) is 0 Å². The third-order valence-corrected chi connectivity index (χ3v) is 2.84. The van der Waals surface area contributed by atoms with Crippen LogP contribution in [0.2, 0.25) is 0 Å². The van der Waals surface area contributed by atoms with Gasteiger partial charge in [-0.2, -0.15) is 0 Å². The Labute approximate surface area is 98.6 Å². The van der Waals surface area contributed by atoms with Crippen molar-refractivity contribution in [2.45, 2.75) is 40.4 Å². The van der Waals surface area contributed by atoms with Crippen molar-refractivity contribution in [3.05, 3.63) is 30.3 Å². The van der Waals surface area contributed by atoms with Gasteiger partial charge < -0.3 is 9.47 Å². The summed E-state index contributed by atoms with van der Waals surface area (Å²) < 4.78 is 11.8. The Morgan fingerprint density at radius 3 is 2.00 bits per heavy atom. The number of rotatable bonds is 4. The maximum Gasteiger partial charge on any atom is 0.212 e. The molecule has 0 saturated heterocycles. The van der Waals surface area contributed by atoms with Crippen LogP contribution in [0.3, 0.4) is 0 Å². The van der Waals surface area contributed by atoms with Crippen LogP contribution >= 0.6 is 0 Å². The zero-order chi connectivity index (χ0) is 12.2. The lowest BCUT2D eigenvalue weighted by atomic mass is 9.86. The highest BCUT2D eigenvalue weighted by atomic mass is 16.7. The van der Waals surface area contributed by atoms with Crippen LogP contribution in [-0.2, 0) is 4.74 Å². The summed E-state index contributed by atoms with van der Waals surface area (Å²) in [6, 6.07) is 9.79. The second-order valence-electron chi connectivity index (χ2n) is 5.04. The number of ether oxygens (including phenoxy) is 2. The van der Waals surface area contributed by atoms with Gasteiger partial charge in [0.1, 0.15) is 5.75 Å². The predicted molar refractivity (Wildman–Crippen MR) is 66.6 cm³/mol. The van der Waals surface area contributed by atoms with Gasteiger partial charge in [-0.25, -0.2) is 0 Å². The van der Waals surface area contributed by atoms with E-state index in [0.29, 0.717) is 6.61 Å². The van der Waals surface area contributed by atoms with Gasteiger partial charge in [-0.1, -0.05) is 39.0 Å². The van der Waals surface area contributed by atoms with Gasteiger partial charge in [-0.05, 0) is 19.1 Å². The summed E-state index contributed by atoms with van der Waals surface area (Å²) in [5.74, 6) is 0.233. The molecule has 2 nitrogen and oxygen atoms in total. The van der Waals surface area contributed by atoms with Gasteiger partial charge in [0.05, 0.1) is 0 Å². The van der Waals surface area contributed by atoms with Crippen molar-refractivity contribution in [3.8, 4) is 5.75 Å². The van der Waals surface area contributed by atoms with Crippen molar-refractivity contribution in [1.82, 2.24) is 0 Å². The molecule has 1 unspecified atom stereocenters. The molecular weight excluding hydrogens is 200 g/mol. The Morgan fingerprint density at radius 1 is 1.00 bits per heavy atom. The van der Waals surface area contributed by atoms with Gasteiger partial charge in [0, 0.05) is 18.9 Å². The molecule has 0 radical (unpaired) electrons. The van der Waals surface area contributed by atoms with Crippen LogP contribution in [0.5, 0.6) is 5.75 Å². The van der Waals surface area contributed by atoms with Gasteiger partial charge in [0.2, 0.25) is 5.79 Å². The van der Waals surface area contributed by atoms with Crippen molar-refractivity contribution < 1.29 is 9.47 Å². The molecule has 0 aliphatic heterocycles. The monoisotopic (exact) mass is 222 g/mol. The molecule has 0 aliphatic rings. The van der Waals surface area contributed by atoms with Gasteiger partial charge in [-0.3, -0.25) is 0 Å². The molecule has 16 heavy (non-hydrogen) atoms. The van der Waals surface area contributed by atoms with Crippen LogP contribution < -0.4 is 4.74 Å². The van der Waals surface area contributed by atoms with Gasteiger partial charge in [0.15, 0.2) is 0 Å². The highest BCUT2D eigenvalue weighted by Crippen LogP contribution is 2.35. The minimum absolute atomic E-state index is 0.0845. The molecule has 0 aromatic heterocycles. The van der Waals surface area contributed by atoms with E-state index in [1.54, 1.807) is 0 Å². The first-order valence-corrected chi connectivity index (χ1v) is 5.77. The summed E-state index contributed by atoms with van der Waals surface area (Å²) in [6.07, 6.45) is 0. The van der Waals surface area contributed by atoms with Gasteiger partial charge in [0.25, 0.3) is 0 Å². The molecule has 1 rings (SSSR count). The molecule has 0 spiro atoms. The molecule has 1 atom stereocenters. The van der Waals surface area contributed by atoms with Crippen LogP contribution in [-0.4, -0.2) is 12.4 Å². The maximum absolute atomic E-state index is 5.98. The first-order chi connectivity index (χ1) is 7.39. The van der Waals surface area contributed by atoms with E-state index in [1.165, 1.54) is 0 Å². The number of benzene rings is 1. The van der Waals surface area contributed by atoms with E-state index in [1.807, 2.05) is 44.2 Å². The fourth-order valence-corrected chi connectivity index (χ4v) is 1.39. The van der Waals surface area contributed by atoms with E-state index in [-0.39, 0.29) is 5.41 Å². The van der Waals surface area contributed by atoms with Crippen LogP contribution in [0.1, 0.15) is 34.6 Å². The molecule has 1 aromatic carbocycles. The van der Waals surface area contributed by atoms with Crippen LogP contribution in [0.4, 0.5) is 0 Å². The molecule has 0 saturated carbocycles. The van der Waals surface area contributed by atoms with Gasteiger partial charge >= 0.3 is 0 Å². The molecule has 90 valence electrons. The number of para-hydroxylation sites is 1. The highest BCUT2D eigenvalue weighted by molar-refractivity contribution is 5.21. The molecule has 1 aromatic rings. The largest absolute Gasteiger partial charge is 0.462 e. The van der Waals surface area contributed by atoms with E-state index in [0.717, 1.165) is 5.75 Å². The quantitative estimate of drug-likeness (QED) is 0.720. The van der Waals surface area contributed by atoms with E-state index < -0.39 is 5.79 Å². The van der Waals surface area contributed by atoms with Gasteiger partial charge in [-0.15, -0.1) is 0 Å². The molecular formula is C14H22O2. The van der Waals surface area contributed by atoms with E-state index in [9.17, 15) is 0 Å². The van der Waals surface area contributed by atoms with Crippen LogP contribution in [0.15, 0.2) is 30.3 Å². The zero-order valence-electron chi connectivity index (χ0n) is 10.9. The molecule has 0 bridgehead atoms. The summed E-state index contributed by atoms with van der Waals surface area (Å²) in [4.78, 5) is 0. The Bertz CT molecular complexity index is 313. The molecule has 0 fully saturated rings. The van der Waals surface area contributed by atoms with Crippen LogP contribution in [0.25, 0.3) is 0 Å². The first-order valence-electron chi connectivity index (χ1n) is 5.77. The second-order valence-corrected chi connectivity index (χ2v) is 5.04. The smallest absolute Gasteiger partial charge is 0.212 e. The van der Waals surface area contributed by atoms with Crippen LogP contribution in [0, 0.1) is 5.41 Å². The number of hydrogen-bond acceptors (Lipinski definition) is 2. The minimum Gasteiger partial charge on any atom is -0.462 e.